The number of aliphatic hydroxyl groups excluding tert-OH is 1. The Hall–Kier alpha value is -2.25. The van der Waals surface area contributed by atoms with E-state index >= 15 is 0 Å². The number of hydrogen-bond acceptors (Lipinski definition) is 9. The molecule has 11 nitrogen and oxygen atoms in total. The minimum atomic E-state index is -1.75. The number of alkyl halides is 2. The topological polar surface area (TPSA) is 141 Å². The normalized spacial score (nSPS) is 18.5. The smallest absolute Gasteiger partial charge is 0.330 e. The van der Waals surface area contributed by atoms with Gasteiger partial charge in [-0.1, -0.05) is 43.6 Å². The Balaban J connectivity index is 0.00000125. The van der Waals surface area contributed by atoms with Crippen molar-refractivity contribution in [3.05, 3.63) is 62.4 Å². The summed E-state index contributed by atoms with van der Waals surface area (Å²) < 4.78 is 42.2. The molecule has 0 bridgehead atoms. The van der Waals surface area contributed by atoms with Crippen LogP contribution in [0.25, 0.3) is 0 Å². The van der Waals surface area contributed by atoms with E-state index in [9.17, 15) is 28.3 Å². The van der Waals surface area contributed by atoms with Crippen LogP contribution in [0.4, 0.5) is 8.78 Å². The van der Waals surface area contributed by atoms with Gasteiger partial charge in [0.2, 0.25) is 6.93 Å². The van der Waals surface area contributed by atoms with Crippen LogP contribution in [-0.4, -0.2) is 66.4 Å². The maximum atomic E-state index is 12.0. The van der Waals surface area contributed by atoms with E-state index in [2.05, 4.69) is 10.1 Å². The molecule has 2 aromatic rings. The molecule has 1 fully saturated rings. The number of rotatable bonds is 10. The molecular formula is C24H37ClF2N3O8P. The number of carbonyl (C=O) groups is 1. The van der Waals surface area contributed by atoms with Crippen molar-refractivity contribution >= 4 is 26.4 Å². The highest BCUT2D eigenvalue weighted by Gasteiger charge is 2.36. The molecule has 4 unspecified atom stereocenters. The summed E-state index contributed by atoms with van der Waals surface area (Å²) in [6, 6.07) is 8.91. The summed E-state index contributed by atoms with van der Waals surface area (Å²) in [4.78, 5) is 36.1. The summed E-state index contributed by atoms with van der Waals surface area (Å²) in [5, 5.41) is 12.9. The van der Waals surface area contributed by atoms with Gasteiger partial charge in [0.15, 0.2) is 0 Å². The number of aromatic nitrogens is 2. The second-order valence-corrected chi connectivity index (χ2v) is 9.13. The van der Waals surface area contributed by atoms with E-state index in [0.29, 0.717) is 18.1 Å². The fraction of sp³-hybridized carbons (Fsp3) is 0.542. The van der Waals surface area contributed by atoms with Crippen LogP contribution in [0.5, 0.6) is 5.75 Å². The predicted molar refractivity (Wildman–Crippen MR) is 145 cm³/mol. The number of nitrogens with one attached hydrogen (secondary N) is 2. The van der Waals surface area contributed by atoms with Crippen LogP contribution in [0.1, 0.15) is 40.3 Å². The molecule has 0 spiro atoms. The van der Waals surface area contributed by atoms with Gasteiger partial charge in [-0.15, -0.1) is 0 Å². The highest BCUT2D eigenvalue weighted by Crippen LogP contribution is 2.37. The lowest BCUT2D eigenvalue weighted by Gasteiger charge is -2.21. The third kappa shape index (κ3) is 14.6. The lowest BCUT2D eigenvalue weighted by molar-refractivity contribution is -0.107. The number of H-pyrrole nitrogens is 1. The number of aliphatic hydroxyl groups is 1. The van der Waals surface area contributed by atoms with Crippen LogP contribution < -0.4 is 20.9 Å². The minimum absolute atomic E-state index is 0.0283. The lowest BCUT2D eigenvalue weighted by atomic mass is 10.2. The van der Waals surface area contributed by atoms with Gasteiger partial charge < -0.3 is 28.4 Å². The summed E-state index contributed by atoms with van der Waals surface area (Å²) in [5.74, 6) is 0.553. The standard InChI is InChI=1S/C17H19ClN3O7P.C4H10O.C2H6.CH2F2/c18-12-9-21(17(25)20-16(12)24)15-8-13(23)14(27-15)10-26-29(19-6-7-22)28-11-4-2-1-3-5-11;1-4(2)5-3;1-2;2-1-3/h1-5,7,9,13-15,19,23H,6,8,10H2,(H,20,24,25);4H,1-3H3;1-2H3;1H2. The fourth-order valence-corrected chi connectivity index (χ4v) is 3.82. The number of hydrogen-bond donors (Lipinski definition) is 3. The van der Waals surface area contributed by atoms with Crippen molar-refractivity contribution in [3.8, 4) is 5.75 Å². The number of methoxy groups -OCH3 is 1. The summed E-state index contributed by atoms with van der Waals surface area (Å²) in [5.41, 5.74) is -1.39. The third-order valence-electron chi connectivity index (χ3n) is 4.50. The molecule has 0 aliphatic carbocycles. The van der Waals surface area contributed by atoms with E-state index in [1.54, 1.807) is 31.4 Å². The summed E-state index contributed by atoms with van der Waals surface area (Å²) >= 11 is 5.77. The average Bonchev–Trinajstić information content (AvgIpc) is 3.30. The fourth-order valence-electron chi connectivity index (χ4n) is 2.64. The van der Waals surface area contributed by atoms with E-state index in [0.717, 1.165) is 4.57 Å². The quantitative estimate of drug-likeness (QED) is 0.274. The first kappa shape index (κ1) is 36.8. The molecule has 2 heterocycles. The molecule has 15 heteroatoms. The molecular weight excluding hydrogens is 563 g/mol. The average molecular weight is 600 g/mol. The van der Waals surface area contributed by atoms with E-state index in [-0.39, 0.29) is 24.6 Å². The first-order chi connectivity index (χ1) is 18.7. The van der Waals surface area contributed by atoms with Crippen molar-refractivity contribution < 1.29 is 37.2 Å². The Morgan fingerprint density at radius 3 is 2.41 bits per heavy atom. The van der Waals surface area contributed by atoms with Gasteiger partial charge >= 0.3 is 14.2 Å². The molecule has 1 aliphatic heterocycles. The maximum Gasteiger partial charge on any atom is 0.330 e. The van der Waals surface area contributed by atoms with Gasteiger partial charge in [0.05, 0.1) is 25.4 Å². The van der Waals surface area contributed by atoms with Crippen molar-refractivity contribution in [1.82, 2.24) is 14.6 Å². The van der Waals surface area contributed by atoms with Crippen LogP contribution in [0.15, 0.2) is 46.1 Å². The maximum absolute atomic E-state index is 12.0. The SMILES string of the molecule is CC.COC(C)C.FCF.O=CCNP(OCC1OC(n2cc(Cl)c(=O)[nH]c2=O)CC1O)Oc1ccccc1. The van der Waals surface area contributed by atoms with Gasteiger partial charge in [-0.25, -0.2) is 18.7 Å². The number of ether oxygens (including phenoxy) is 2. The monoisotopic (exact) mass is 599 g/mol. The van der Waals surface area contributed by atoms with Gasteiger partial charge in [-0.3, -0.25) is 14.3 Å². The Morgan fingerprint density at radius 2 is 1.87 bits per heavy atom. The Morgan fingerprint density at radius 1 is 1.28 bits per heavy atom. The molecule has 1 aromatic carbocycles. The molecule has 4 atom stereocenters. The first-order valence-corrected chi connectivity index (χ1v) is 13.5. The largest absolute Gasteiger partial charge is 0.436 e. The second-order valence-electron chi connectivity index (χ2n) is 7.45. The molecule has 1 aromatic heterocycles. The summed E-state index contributed by atoms with van der Waals surface area (Å²) in [6.45, 7) is 6.23. The van der Waals surface area contributed by atoms with Crippen molar-refractivity contribution in [2.24, 2.45) is 0 Å². The molecule has 1 saturated heterocycles. The van der Waals surface area contributed by atoms with Gasteiger partial charge in [-0.05, 0) is 26.0 Å². The first-order valence-electron chi connectivity index (χ1n) is 12.0. The number of para-hydroxylation sites is 1. The zero-order valence-corrected chi connectivity index (χ0v) is 24.2. The van der Waals surface area contributed by atoms with Crippen molar-refractivity contribution in [3.63, 3.8) is 0 Å². The Labute approximate surface area is 232 Å². The summed E-state index contributed by atoms with van der Waals surface area (Å²) in [6.07, 6.45) is -0.149. The number of nitrogens with zero attached hydrogens (tertiary/aromatic N) is 1. The lowest BCUT2D eigenvalue weighted by Crippen LogP contribution is -2.32. The highest BCUT2D eigenvalue weighted by molar-refractivity contribution is 7.45. The molecule has 39 heavy (non-hydrogen) atoms. The van der Waals surface area contributed by atoms with E-state index < -0.39 is 45.1 Å². The predicted octanol–water partition coefficient (Wildman–Crippen LogP) is 3.90. The molecule has 0 radical (unpaired) electrons. The highest BCUT2D eigenvalue weighted by atomic mass is 35.5. The number of aromatic amines is 1. The molecule has 3 N–H and O–H groups in total. The molecule has 0 amide bonds. The van der Waals surface area contributed by atoms with Crippen LogP contribution in [0.3, 0.4) is 0 Å². The Bertz CT molecular complexity index is 1030. The van der Waals surface area contributed by atoms with Crippen molar-refractivity contribution in [1.29, 1.82) is 0 Å². The van der Waals surface area contributed by atoms with Gasteiger partial charge in [0.1, 0.15) is 29.4 Å². The van der Waals surface area contributed by atoms with Gasteiger partial charge in [0.25, 0.3) is 5.56 Å². The van der Waals surface area contributed by atoms with Gasteiger partial charge in [0, 0.05) is 19.7 Å². The zero-order valence-electron chi connectivity index (χ0n) is 22.5. The van der Waals surface area contributed by atoms with Crippen molar-refractivity contribution in [2.75, 3.05) is 27.2 Å². The van der Waals surface area contributed by atoms with Crippen LogP contribution >= 0.6 is 20.1 Å². The van der Waals surface area contributed by atoms with Gasteiger partial charge in [-0.2, -0.15) is 0 Å². The minimum Gasteiger partial charge on any atom is -0.436 e. The Kier molecular flexibility index (Phi) is 20.3. The molecule has 3 rings (SSSR count). The number of halogens is 3. The van der Waals surface area contributed by atoms with Crippen LogP contribution in [0.2, 0.25) is 5.02 Å². The van der Waals surface area contributed by atoms with E-state index in [1.807, 2.05) is 33.8 Å². The number of carbonyl (C=O) groups excluding carboxylic acids is 1. The molecule has 222 valence electrons. The third-order valence-corrected chi connectivity index (χ3v) is 5.97. The summed E-state index contributed by atoms with van der Waals surface area (Å²) in [7, 11) is 0.0273. The van der Waals surface area contributed by atoms with Crippen molar-refractivity contribution in [2.45, 2.75) is 58.7 Å². The second kappa shape index (κ2) is 21.6. The molecule has 1 aliphatic rings. The van der Waals surface area contributed by atoms with E-state index in [1.165, 1.54) is 6.20 Å². The number of benzene rings is 1. The van der Waals surface area contributed by atoms with Crippen LogP contribution in [-0.2, 0) is 18.8 Å². The zero-order chi connectivity index (χ0) is 29.8. The number of aldehydes is 1. The molecule has 0 saturated carbocycles. The van der Waals surface area contributed by atoms with Crippen LogP contribution in [0, 0.1) is 0 Å². The van der Waals surface area contributed by atoms with E-state index in [4.69, 9.17) is 30.1 Å².